The molecule has 4 atom stereocenters. The van der Waals surface area contributed by atoms with E-state index in [1.807, 2.05) is 0 Å². The number of benzene rings is 1. The fraction of sp³-hybridized carbons (Fsp3) is 0.600. The number of piperidine rings is 1. The van der Waals surface area contributed by atoms with Crippen LogP contribution in [0.1, 0.15) is 12.5 Å². The Labute approximate surface area is 182 Å². The number of rotatable bonds is 5. The average molecular weight is 465 g/mol. The van der Waals surface area contributed by atoms with Gasteiger partial charge in [-0.3, -0.25) is 9.59 Å². The zero-order valence-corrected chi connectivity index (χ0v) is 17.8. The summed E-state index contributed by atoms with van der Waals surface area (Å²) in [6, 6.07) is 4.33. The lowest BCUT2D eigenvalue weighted by Gasteiger charge is -2.47. The highest BCUT2D eigenvalue weighted by molar-refractivity contribution is 6.30. The lowest BCUT2D eigenvalue weighted by atomic mass is 9.81. The number of likely N-dealkylation sites (tertiary alicyclic amines) is 1. The normalized spacial score (nSPS) is 25.5. The van der Waals surface area contributed by atoms with Crippen LogP contribution in [0.25, 0.3) is 0 Å². The molecule has 2 saturated heterocycles. The van der Waals surface area contributed by atoms with E-state index in [9.17, 15) is 27.9 Å². The van der Waals surface area contributed by atoms with Crippen molar-refractivity contribution >= 4 is 23.4 Å². The maximum absolute atomic E-state index is 13.0. The lowest BCUT2D eigenvalue weighted by molar-refractivity contribution is -0.246. The predicted molar refractivity (Wildman–Crippen MR) is 105 cm³/mol. The van der Waals surface area contributed by atoms with E-state index in [0.717, 1.165) is 0 Å². The van der Waals surface area contributed by atoms with Gasteiger partial charge in [0.25, 0.3) is 5.91 Å². The number of ether oxygens (including phenoxy) is 2. The van der Waals surface area contributed by atoms with E-state index in [0.29, 0.717) is 23.3 Å². The number of hydrogen-bond donors (Lipinski definition) is 2. The van der Waals surface area contributed by atoms with Gasteiger partial charge in [0.2, 0.25) is 11.5 Å². The quantitative estimate of drug-likeness (QED) is 0.693. The summed E-state index contributed by atoms with van der Waals surface area (Å²) in [6.07, 6.45) is -5.06. The van der Waals surface area contributed by atoms with Crippen molar-refractivity contribution in [1.82, 2.24) is 10.2 Å². The van der Waals surface area contributed by atoms with Crippen molar-refractivity contribution in [1.29, 1.82) is 0 Å². The van der Waals surface area contributed by atoms with Gasteiger partial charge < -0.3 is 24.8 Å². The third kappa shape index (κ3) is 4.91. The summed E-state index contributed by atoms with van der Waals surface area (Å²) in [6.45, 7) is 1.19. The zero-order valence-electron chi connectivity index (χ0n) is 17.0. The van der Waals surface area contributed by atoms with Gasteiger partial charge in [-0.05, 0) is 25.1 Å². The van der Waals surface area contributed by atoms with Crippen LogP contribution in [0.5, 0.6) is 5.75 Å². The smallest absolute Gasteiger partial charge is 0.426 e. The Morgan fingerprint density at radius 2 is 1.90 bits per heavy atom. The van der Waals surface area contributed by atoms with Crippen LogP contribution in [0.4, 0.5) is 13.2 Å². The van der Waals surface area contributed by atoms with E-state index >= 15 is 0 Å². The fourth-order valence-electron chi connectivity index (χ4n) is 3.96. The number of halogens is 4. The molecule has 2 heterocycles. The summed E-state index contributed by atoms with van der Waals surface area (Å²) in [7, 11) is 1.49. The van der Waals surface area contributed by atoms with Crippen LogP contribution in [0.3, 0.4) is 0 Å². The van der Waals surface area contributed by atoms with E-state index in [-0.39, 0.29) is 38.6 Å². The van der Waals surface area contributed by atoms with E-state index in [4.69, 9.17) is 21.1 Å². The molecule has 2 fully saturated rings. The summed E-state index contributed by atoms with van der Waals surface area (Å²) >= 11 is 6.02. The van der Waals surface area contributed by atoms with Crippen molar-refractivity contribution in [2.45, 2.75) is 31.2 Å². The van der Waals surface area contributed by atoms with Gasteiger partial charge in [0.05, 0.1) is 26.7 Å². The number of nitrogens with zero attached hydrogens (tertiary/aromatic N) is 1. The Hall–Kier alpha value is -2.04. The Bertz CT molecular complexity index is 835. The zero-order chi connectivity index (χ0) is 23.0. The van der Waals surface area contributed by atoms with Gasteiger partial charge >= 0.3 is 6.18 Å². The SMILES string of the molecule is COc1ccc(Cl)cc1CC(=O)N1C[C@H]2COC[C@@H](C1)C2NC(=O)C(C)(O)C(F)(F)F. The highest BCUT2D eigenvalue weighted by Crippen LogP contribution is 2.33. The number of alkyl halides is 3. The molecule has 2 aliphatic rings. The second kappa shape index (κ2) is 8.84. The standard InChI is InChI=1S/C20H24ClF3N2O5/c1-19(29,20(22,23)24)18(28)25-17-12-7-26(8-13(17)10-31-9-12)16(27)6-11-5-14(21)3-4-15(11)30-2/h3-5,12-13,17,29H,6-10H2,1-2H3,(H,25,28)/t12-,13+,17?,19?. The maximum atomic E-state index is 13.0. The number of amides is 2. The molecule has 7 nitrogen and oxygen atoms in total. The molecule has 0 radical (unpaired) electrons. The highest BCUT2D eigenvalue weighted by Gasteiger charge is 2.57. The molecule has 1 aromatic rings. The second-order valence-electron chi connectivity index (χ2n) is 8.06. The van der Waals surface area contributed by atoms with Crippen LogP contribution < -0.4 is 10.1 Å². The molecule has 0 saturated carbocycles. The molecule has 2 aliphatic heterocycles. The highest BCUT2D eigenvalue weighted by atomic mass is 35.5. The second-order valence-corrected chi connectivity index (χ2v) is 8.49. The van der Waals surface area contributed by atoms with E-state index < -0.39 is 35.6 Å². The summed E-state index contributed by atoms with van der Waals surface area (Å²) in [5.74, 6) is -1.97. The molecule has 1 aromatic carbocycles. The van der Waals surface area contributed by atoms with Crippen LogP contribution >= 0.6 is 11.6 Å². The van der Waals surface area contributed by atoms with Crippen molar-refractivity contribution in [3.63, 3.8) is 0 Å². The van der Waals surface area contributed by atoms with E-state index in [2.05, 4.69) is 5.32 Å². The van der Waals surface area contributed by atoms with Crippen molar-refractivity contribution in [2.24, 2.45) is 11.8 Å². The Morgan fingerprint density at radius 3 is 2.45 bits per heavy atom. The molecule has 2 N–H and O–H groups in total. The van der Waals surface area contributed by atoms with Gasteiger partial charge in [0.1, 0.15) is 5.75 Å². The molecule has 172 valence electrons. The van der Waals surface area contributed by atoms with Crippen molar-refractivity contribution in [3.05, 3.63) is 28.8 Å². The molecular weight excluding hydrogens is 441 g/mol. The average Bonchev–Trinajstić information content (AvgIpc) is 2.66. The minimum absolute atomic E-state index is 0.0455. The first-order chi connectivity index (χ1) is 14.4. The third-order valence-corrected chi connectivity index (χ3v) is 6.05. The summed E-state index contributed by atoms with van der Waals surface area (Å²) in [5.41, 5.74) is -2.88. The van der Waals surface area contributed by atoms with Gasteiger partial charge in [-0.15, -0.1) is 0 Å². The molecule has 2 unspecified atom stereocenters. The molecule has 31 heavy (non-hydrogen) atoms. The molecule has 2 bridgehead atoms. The minimum Gasteiger partial charge on any atom is -0.496 e. The van der Waals surface area contributed by atoms with Crippen molar-refractivity contribution in [3.8, 4) is 5.75 Å². The molecule has 0 aliphatic carbocycles. The number of aliphatic hydroxyl groups is 1. The fourth-order valence-corrected chi connectivity index (χ4v) is 4.15. The van der Waals surface area contributed by atoms with E-state index in [1.165, 1.54) is 7.11 Å². The van der Waals surface area contributed by atoms with Gasteiger partial charge in [-0.25, -0.2) is 0 Å². The third-order valence-electron chi connectivity index (χ3n) is 5.82. The monoisotopic (exact) mass is 464 g/mol. The van der Waals surface area contributed by atoms with Crippen molar-refractivity contribution < 1.29 is 37.3 Å². The first-order valence-electron chi connectivity index (χ1n) is 9.72. The summed E-state index contributed by atoms with van der Waals surface area (Å²) in [5, 5.41) is 12.4. The molecule has 0 aromatic heterocycles. The minimum atomic E-state index is -5.10. The van der Waals surface area contributed by atoms with Gasteiger partial charge in [-0.1, -0.05) is 11.6 Å². The molecule has 11 heteroatoms. The number of carbonyl (C=O) groups excluding carboxylic acids is 2. The summed E-state index contributed by atoms with van der Waals surface area (Å²) < 4.78 is 49.7. The molecule has 0 spiro atoms. The first-order valence-corrected chi connectivity index (χ1v) is 10.1. The van der Waals surface area contributed by atoms with Gasteiger partial charge in [-0.2, -0.15) is 13.2 Å². The van der Waals surface area contributed by atoms with Gasteiger partial charge in [0, 0.05) is 41.6 Å². The van der Waals surface area contributed by atoms with Gasteiger partial charge in [0.15, 0.2) is 0 Å². The van der Waals surface area contributed by atoms with Crippen molar-refractivity contribution in [2.75, 3.05) is 33.4 Å². The predicted octanol–water partition coefficient (Wildman–Crippen LogP) is 1.79. The number of nitrogens with one attached hydrogen (secondary N) is 1. The van der Waals surface area contributed by atoms with Crippen LogP contribution in [-0.2, 0) is 20.7 Å². The Kier molecular flexibility index (Phi) is 6.73. The molecular formula is C20H24ClF3N2O5. The van der Waals surface area contributed by atoms with E-state index in [1.54, 1.807) is 23.1 Å². The number of carbonyl (C=O) groups is 2. The molecule has 2 amide bonds. The molecule has 3 rings (SSSR count). The topological polar surface area (TPSA) is 88.1 Å². The number of fused-ring (bicyclic) bond motifs is 2. The number of methoxy groups -OCH3 is 1. The van der Waals surface area contributed by atoms with Crippen LogP contribution in [0, 0.1) is 11.8 Å². The first kappa shape index (κ1) is 23.6. The Morgan fingerprint density at radius 1 is 1.29 bits per heavy atom. The number of hydrogen-bond acceptors (Lipinski definition) is 5. The Balaban J connectivity index is 1.70. The largest absolute Gasteiger partial charge is 0.496 e. The maximum Gasteiger partial charge on any atom is 0.426 e. The lowest BCUT2D eigenvalue weighted by Crippen LogP contribution is -2.66. The van der Waals surface area contributed by atoms with Crippen LogP contribution in [-0.4, -0.2) is 73.1 Å². The van der Waals surface area contributed by atoms with Crippen LogP contribution in [0.2, 0.25) is 5.02 Å². The summed E-state index contributed by atoms with van der Waals surface area (Å²) in [4.78, 5) is 26.7. The van der Waals surface area contributed by atoms with Crippen LogP contribution in [0.15, 0.2) is 18.2 Å².